The second kappa shape index (κ2) is 5.16. The van der Waals surface area contributed by atoms with Crippen molar-refractivity contribution >= 4 is 27.3 Å². The van der Waals surface area contributed by atoms with E-state index in [9.17, 15) is 13.2 Å². The number of amides is 1. The molecule has 0 aromatic rings. The molecule has 1 fully saturated rings. The van der Waals surface area contributed by atoms with Gasteiger partial charge in [0.15, 0.2) is 9.84 Å². The Hall–Kier alpha value is -0.290. The van der Waals surface area contributed by atoms with Gasteiger partial charge in [-0.1, -0.05) is 6.92 Å². The first-order valence-electron chi connectivity index (χ1n) is 4.98. The van der Waals surface area contributed by atoms with E-state index in [1.807, 2.05) is 6.92 Å². The SMILES string of the molecule is CC(CCl)CNC(=O)C1CCS(=O)(=O)C1. The van der Waals surface area contributed by atoms with Crippen LogP contribution in [0.5, 0.6) is 0 Å². The van der Waals surface area contributed by atoms with Crippen molar-refractivity contribution in [1.29, 1.82) is 0 Å². The van der Waals surface area contributed by atoms with E-state index >= 15 is 0 Å². The van der Waals surface area contributed by atoms with Crippen molar-refractivity contribution in [2.45, 2.75) is 13.3 Å². The van der Waals surface area contributed by atoms with Gasteiger partial charge in [-0.05, 0) is 12.3 Å². The van der Waals surface area contributed by atoms with E-state index in [-0.39, 0.29) is 29.2 Å². The lowest BCUT2D eigenvalue weighted by molar-refractivity contribution is -0.124. The maximum atomic E-state index is 11.5. The number of carbonyl (C=O) groups is 1. The van der Waals surface area contributed by atoms with Gasteiger partial charge in [0.25, 0.3) is 0 Å². The van der Waals surface area contributed by atoms with Crippen LogP contribution in [0.2, 0.25) is 0 Å². The summed E-state index contributed by atoms with van der Waals surface area (Å²) in [6, 6.07) is 0. The topological polar surface area (TPSA) is 63.2 Å². The van der Waals surface area contributed by atoms with Crippen LogP contribution in [0, 0.1) is 11.8 Å². The van der Waals surface area contributed by atoms with Gasteiger partial charge in [-0.15, -0.1) is 11.6 Å². The number of carbonyl (C=O) groups excluding carboxylic acids is 1. The highest BCUT2D eigenvalue weighted by Crippen LogP contribution is 2.18. The highest BCUT2D eigenvalue weighted by molar-refractivity contribution is 7.91. The molecule has 1 aliphatic heterocycles. The van der Waals surface area contributed by atoms with Gasteiger partial charge in [-0.25, -0.2) is 8.42 Å². The monoisotopic (exact) mass is 253 g/mol. The van der Waals surface area contributed by atoms with Crippen molar-refractivity contribution in [3.05, 3.63) is 0 Å². The lowest BCUT2D eigenvalue weighted by Gasteiger charge is -2.12. The zero-order valence-electron chi connectivity index (χ0n) is 8.70. The van der Waals surface area contributed by atoms with Crippen LogP contribution in [0.3, 0.4) is 0 Å². The molecule has 15 heavy (non-hydrogen) atoms. The molecule has 1 saturated heterocycles. The van der Waals surface area contributed by atoms with Crippen molar-refractivity contribution in [2.75, 3.05) is 23.9 Å². The van der Waals surface area contributed by atoms with E-state index < -0.39 is 9.84 Å². The van der Waals surface area contributed by atoms with Gasteiger partial charge in [0.1, 0.15) is 0 Å². The summed E-state index contributed by atoms with van der Waals surface area (Å²) in [5, 5.41) is 2.73. The molecule has 0 saturated carbocycles. The minimum Gasteiger partial charge on any atom is -0.356 e. The van der Waals surface area contributed by atoms with Gasteiger partial charge >= 0.3 is 0 Å². The lowest BCUT2D eigenvalue weighted by atomic mass is 10.1. The first-order chi connectivity index (χ1) is 6.94. The zero-order valence-corrected chi connectivity index (χ0v) is 10.3. The molecule has 0 aliphatic carbocycles. The Kier molecular flexibility index (Phi) is 4.40. The molecule has 88 valence electrons. The minimum absolute atomic E-state index is 0.00586. The van der Waals surface area contributed by atoms with E-state index in [4.69, 9.17) is 11.6 Å². The normalized spacial score (nSPS) is 26.1. The third-order valence-electron chi connectivity index (χ3n) is 2.49. The highest BCUT2D eigenvalue weighted by Gasteiger charge is 2.32. The summed E-state index contributed by atoms with van der Waals surface area (Å²) in [5.41, 5.74) is 0. The minimum atomic E-state index is -2.97. The number of alkyl halides is 1. The molecule has 1 rings (SSSR count). The van der Waals surface area contributed by atoms with Crippen LogP contribution in [0.25, 0.3) is 0 Å². The molecule has 0 aromatic carbocycles. The first kappa shape index (κ1) is 12.8. The highest BCUT2D eigenvalue weighted by atomic mass is 35.5. The predicted octanol–water partition coefficient (Wildman–Crippen LogP) is 0.412. The molecule has 1 N–H and O–H groups in total. The Morgan fingerprint density at radius 1 is 1.60 bits per heavy atom. The molecular formula is C9H16ClNO3S. The fourth-order valence-electron chi connectivity index (χ4n) is 1.48. The Labute approximate surface area is 95.3 Å². The first-order valence-corrected chi connectivity index (χ1v) is 7.34. The van der Waals surface area contributed by atoms with E-state index in [2.05, 4.69) is 5.32 Å². The number of rotatable bonds is 4. The molecule has 0 bridgehead atoms. The quantitative estimate of drug-likeness (QED) is 0.739. The largest absolute Gasteiger partial charge is 0.356 e. The lowest BCUT2D eigenvalue weighted by Crippen LogP contribution is -2.34. The molecular weight excluding hydrogens is 238 g/mol. The van der Waals surface area contributed by atoms with Crippen LogP contribution in [-0.2, 0) is 14.6 Å². The summed E-state index contributed by atoms with van der Waals surface area (Å²) < 4.78 is 22.3. The maximum absolute atomic E-state index is 11.5. The molecule has 0 radical (unpaired) electrons. The van der Waals surface area contributed by atoms with Gasteiger partial charge in [0, 0.05) is 12.4 Å². The predicted molar refractivity (Wildman–Crippen MR) is 59.7 cm³/mol. The summed E-state index contributed by atoms with van der Waals surface area (Å²) in [6.07, 6.45) is 0.448. The van der Waals surface area contributed by atoms with Crippen LogP contribution in [0.4, 0.5) is 0 Å². The molecule has 0 spiro atoms. The third kappa shape index (κ3) is 3.99. The van der Waals surface area contributed by atoms with Gasteiger partial charge in [-0.3, -0.25) is 4.79 Å². The summed E-state index contributed by atoms with van der Waals surface area (Å²) >= 11 is 5.59. The van der Waals surface area contributed by atoms with Crippen LogP contribution in [0.15, 0.2) is 0 Å². The van der Waals surface area contributed by atoms with E-state index in [0.29, 0.717) is 18.8 Å². The number of hydrogen-bond donors (Lipinski definition) is 1. The van der Waals surface area contributed by atoms with E-state index in [0.717, 1.165) is 0 Å². The molecule has 0 aromatic heterocycles. The zero-order chi connectivity index (χ0) is 11.5. The summed E-state index contributed by atoms with van der Waals surface area (Å²) in [5.74, 6) is 0.312. The standard InChI is InChI=1S/C9H16ClNO3S/c1-7(4-10)5-11-9(12)8-2-3-15(13,14)6-8/h7-8H,2-6H2,1H3,(H,11,12). The second-order valence-electron chi connectivity index (χ2n) is 4.10. The fourth-order valence-corrected chi connectivity index (χ4v) is 3.33. The average molecular weight is 254 g/mol. The van der Waals surface area contributed by atoms with Crippen molar-refractivity contribution in [3.8, 4) is 0 Å². The number of hydrogen-bond acceptors (Lipinski definition) is 3. The smallest absolute Gasteiger partial charge is 0.224 e. The summed E-state index contributed by atoms with van der Waals surface area (Å²) in [6.45, 7) is 2.44. The van der Waals surface area contributed by atoms with Crippen molar-refractivity contribution in [2.24, 2.45) is 11.8 Å². The van der Waals surface area contributed by atoms with Crippen molar-refractivity contribution < 1.29 is 13.2 Å². The van der Waals surface area contributed by atoms with Gasteiger partial charge in [-0.2, -0.15) is 0 Å². The molecule has 6 heteroatoms. The van der Waals surface area contributed by atoms with E-state index in [1.54, 1.807) is 0 Å². The molecule has 1 aliphatic rings. The van der Waals surface area contributed by atoms with Crippen LogP contribution < -0.4 is 5.32 Å². The van der Waals surface area contributed by atoms with Gasteiger partial charge < -0.3 is 5.32 Å². The third-order valence-corrected chi connectivity index (χ3v) is 4.79. The van der Waals surface area contributed by atoms with Crippen LogP contribution in [-0.4, -0.2) is 38.3 Å². The number of halogens is 1. The molecule has 1 amide bonds. The van der Waals surface area contributed by atoms with Gasteiger partial charge in [0.05, 0.1) is 17.4 Å². The van der Waals surface area contributed by atoms with Crippen LogP contribution in [0.1, 0.15) is 13.3 Å². The Bertz CT molecular complexity index is 328. The van der Waals surface area contributed by atoms with Crippen molar-refractivity contribution in [1.82, 2.24) is 5.32 Å². The Morgan fingerprint density at radius 3 is 2.73 bits per heavy atom. The van der Waals surface area contributed by atoms with Crippen LogP contribution >= 0.6 is 11.6 Å². The van der Waals surface area contributed by atoms with Gasteiger partial charge in [0.2, 0.25) is 5.91 Å². The summed E-state index contributed by atoms with van der Waals surface area (Å²) in [4.78, 5) is 11.5. The maximum Gasteiger partial charge on any atom is 0.224 e. The fraction of sp³-hybridized carbons (Fsp3) is 0.889. The molecule has 1 heterocycles. The Balaban J connectivity index is 2.36. The van der Waals surface area contributed by atoms with Crippen molar-refractivity contribution in [3.63, 3.8) is 0 Å². The summed E-state index contributed by atoms with van der Waals surface area (Å²) in [7, 11) is -2.97. The van der Waals surface area contributed by atoms with E-state index in [1.165, 1.54) is 0 Å². The number of sulfone groups is 1. The molecule has 4 nitrogen and oxygen atoms in total. The molecule has 2 unspecified atom stereocenters. The Morgan fingerprint density at radius 2 is 2.27 bits per heavy atom. The second-order valence-corrected chi connectivity index (χ2v) is 6.64. The average Bonchev–Trinajstić information content (AvgIpc) is 2.54. The number of nitrogens with one attached hydrogen (secondary N) is 1. The molecule has 2 atom stereocenters.